The monoisotopic (exact) mass is 749 g/mol. The number of hydrogen-bond acceptors (Lipinski definition) is 3. The molecule has 9 aromatic carbocycles. The van der Waals surface area contributed by atoms with Gasteiger partial charge in [0, 0.05) is 16.7 Å². The van der Waals surface area contributed by atoms with Crippen molar-refractivity contribution >= 4 is 10.8 Å². The fraction of sp³-hybridized carbons (Fsp3) is 0.0179. The van der Waals surface area contributed by atoms with Gasteiger partial charge in [-0.05, 0) is 89.7 Å². The third kappa shape index (κ3) is 5.11. The van der Waals surface area contributed by atoms with Crippen LogP contribution in [0.3, 0.4) is 0 Å². The normalized spacial score (nSPS) is 12.9. The Morgan fingerprint density at radius 2 is 0.712 bits per heavy atom. The zero-order chi connectivity index (χ0) is 38.9. The largest absolute Gasteiger partial charge is 0.208 e. The molecule has 3 nitrogen and oxygen atoms in total. The zero-order valence-electron chi connectivity index (χ0n) is 32.0. The minimum Gasteiger partial charge on any atom is -0.208 e. The molecule has 0 N–H and O–H groups in total. The standard InChI is InChI=1S/C56H35N3/c1-2-15-38(16-3-1)53-57-54(39-31-28-37(29-32-39)41-33-30-36-14-4-5-17-40(36)34-41)59-55(58-53)43-19-12-18-42(35-43)44-23-13-27-51-52(44)47-22-8-11-26-50(47)56(51)48-24-9-6-20-45(48)46-21-7-10-25-49(46)56/h1-35H. The Labute approximate surface area is 343 Å². The first kappa shape index (κ1) is 33.4. The minimum atomic E-state index is -0.399. The molecule has 59 heavy (non-hydrogen) atoms. The van der Waals surface area contributed by atoms with E-state index in [4.69, 9.17) is 15.0 Å². The van der Waals surface area contributed by atoms with E-state index in [1.165, 1.54) is 66.4 Å². The predicted molar refractivity (Wildman–Crippen MR) is 241 cm³/mol. The van der Waals surface area contributed by atoms with Gasteiger partial charge in [0.25, 0.3) is 0 Å². The second kappa shape index (κ2) is 13.2. The quantitative estimate of drug-likeness (QED) is 0.176. The molecule has 0 atom stereocenters. The summed E-state index contributed by atoms with van der Waals surface area (Å²) in [6, 6.07) is 76.3. The molecule has 2 aliphatic rings. The summed E-state index contributed by atoms with van der Waals surface area (Å²) in [5, 5.41) is 2.46. The van der Waals surface area contributed by atoms with Gasteiger partial charge in [-0.1, -0.05) is 200 Å². The van der Waals surface area contributed by atoms with Crippen molar-refractivity contribution < 1.29 is 0 Å². The van der Waals surface area contributed by atoms with Crippen molar-refractivity contribution in [2.75, 3.05) is 0 Å². The number of hydrogen-bond donors (Lipinski definition) is 0. The molecular formula is C56H35N3. The van der Waals surface area contributed by atoms with Crippen LogP contribution in [0.5, 0.6) is 0 Å². The second-order valence-electron chi connectivity index (χ2n) is 15.5. The molecule has 0 amide bonds. The Bertz CT molecular complexity index is 3230. The van der Waals surface area contributed by atoms with Gasteiger partial charge in [0.1, 0.15) is 0 Å². The third-order valence-corrected chi connectivity index (χ3v) is 12.3. The number of benzene rings is 9. The highest BCUT2D eigenvalue weighted by molar-refractivity contribution is 6.00. The average Bonchev–Trinajstić information content (AvgIpc) is 3.79. The molecule has 3 heteroatoms. The van der Waals surface area contributed by atoms with Crippen LogP contribution < -0.4 is 0 Å². The molecule has 1 aromatic heterocycles. The molecule has 1 spiro atoms. The molecule has 1 heterocycles. The van der Waals surface area contributed by atoms with Gasteiger partial charge >= 0.3 is 0 Å². The van der Waals surface area contributed by atoms with E-state index in [-0.39, 0.29) is 0 Å². The van der Waals surface area contributed by atoms with E-state index in [2.05, 4.69) is 194 Å². The zero-order valence-corrected chi connectivity index (χ0v) is 32.0. The number of aromatic nitrogens is 3. The molecule has 10 aromatic rings. The second-order valence-corrected chi connectivity index (χ2v) is 15.5. The third-order valence-electron chi connectivity index (χ3n) is 12.3. The number of nitrogens with zero attached hydrogens (tertiary/aromatic N) is 3. The van der Waals surface area contributed by atoms with Gasteiger partial charge in [0.05, 0.1) is 5.41 Å². The Kier molecular flexibility index (Phi) is 7.45. The molecule has 0 saturated carbocycles. The Balaban J connectivity index is 0.993. The van der Waals surface area contributed by atoms with Crippen LogP contribution in [0.2, 0.25) is 0 Å². The van der Waals surface area contributed by atoms with Gasteiger partial charge in [0.2, 0.25) is 0 Å². The number of fused-ring (bicyclic) bond motifs is 11. The molecule has 2 aliphatic carbocycles. The SMILES string of the molecule is c1ccc(-c2nc(-c3ccc(-c4ccc5ccccc5c4)cc3)nc(-c3cccc(-c4cccc5c4-c4ccccc4C54c5ccccc5-c5ccccc54)c3)n2)cc1. The predicted octanol–water partition coefficient (Wildman–Crippen LogP) is 13.7. The molecular weight excluding hydrogens is 715 g/mol. The van der Waals surface area contributed by atoms with Crippen LogP contribution in [0.4, 0.5) is 0 Å². The van der Waals surface area contributed by atoms with Crippen molar-refractivity contribution in [2.45, 2.75) is 5.41 Å². The fourth-order valence-electron chi connectivity index (χ4n) is 9.74. The summed E-state index contributed by atoms with van der Waals surface area (Å²) in [6.45, 7) is 0. The molecule has 0 aliphatic heterocycles. The van der Waals surface area contributed by atoms with Crippen molar-refractivity contribution in [2.24, 2.45) is 0 Å². The summed E-state index contributed by atoms with van der Waals surface area (Å²) in [4.78, 5) is 15.3. The lowest BCUT2D eigenvalue weighted by Crippen LogP contribution is -2.25. The van der Waals surface area contributed by atoms with E-state index < -0.39 is 5.41 Å². The average molecular weight is 750 g/mol. The molecule has 274 valence electrons. The fourth-order valence-corrected chi connectivity index (χ4v) is 9.74. The summed E-state index contributed by atoms with van der Waals surface area (Å²) >= 11 is 0. The first-order chi connectivity index (χ1) is 29.2. The first-order valence-corrected chi connectivity index (χ1v) is 20.2. The van der Waals surface area contributed by atoms with Crippen LogP contribution in [0.25, 0.3) is 89.4 Å². The summed E-state index contributed by atoms with van der Waals surface area (Å²) in [7, 11) is 0. The number of rotatable bonds is 5. The van der Waals surface area contributed by atoms with Gasteiger partial charge in [-0.2, -0.15) is 0 Å². The minimum absolute atomic E-state index is 0.399. The molecule has 0 saturated heterocycles. The van der Waals surface area contributed by atoms with Crippen molar-refractivity contribution in [1.82, 2.24) is 15.0 Å². The Hall–Kier alpha value is -7.75. The van der Waals surface area contributed by atoms with Crippen LogP contribution >= 0.6 is 0 Å². The van der Waals surface area contributed by atoms with E-state index in [0.29, 0.717) is 17.5 Å². The van der Waals surface area contributed by atoms with Crippen LogP contribution in [0.1, 0.15) is 22.3 Å². The summed E-state index contributed by atoms with van der Waals surface area (Å²) in [6.07, 6.45) is 0. The van der Waals surface area contributed by atoms with E-state index in [9.17, 15) is 0 Å². The maximum atomic E-state index is 5.17. The lowest BCUT2D eigenvalue weighted by molar-refractivity contribution is 0.794. The summed E-state index contributed by atoms with van der Waals surface area (Å²) < 4.78 is 0. The highest BCUT2D eigenvalue weighted by Gasteiger charge is 2.51. The van der Waals surface area contributed by atoms with Gasteiger partial charge in [-0.25, -0.2) is 15.0 Å². The van der Waals surface area contributed by atoms with Crippen molar-refractivity contribution in [3.8, 4) is 78.7 Å². The molecule has 0 unspecified atom stereocenters. The van der Waals surface area contributed by atoms with E-state index in [1.54, 1.807) is 0 Å². The van der Waals surface area contributed by atoms with E-state index in [1.807, 2.05) is 18.2 Å². The van der Waals surface area contributed by atoms with E-state index in [0.717, 1.165) is 27.8 Å². The molecule has 0 radical (unpaired) electrons. The smallest absolute Gasteiger partial charge is 0.164 e. The van der Waals surface area contributed by atoms with E-state index >= 15 is 0 Å². The van der Waals surface area contributed by atoms with Crippen molar-refractivity contribution in [3.05, 3.63) is 235 Å². The van der Waals surface area contributed by atoms with Crippen molar-refractivity contribution in [1.29, 1.82) is 0 Å². The van der Waals surface area contributed by atoms with Gasteiger partial charge in [-0.15, -0.1) is 0 Å². The first-order valence-electron chi connectivity index (χ1n) is 20.2. The summed E-state index contributed by atoms with van der Waals surface area (Å²) in [5.41, 5.74) is 17.6. The maximum Gasteiger partial charge on any atom is 0.164 e. The molecule has 12 rings (SSSR count). The lowest BCUT2D eigenvalue weighted by atomic mass is 9.70. The lowest BCUT2D eigenvalue weighted by Gasteiger charge is -2.30. The van der Waals surface area contributed by atoms with Crippen molar-refractivity contribution in [3.63, 3.8) is 0 Å². The topological polar surface area (TPSA) is 38.7 Å². The highest BCUT2D eigenvalue weighted by Crippen LogP contribution is 2.63. The van der Waals surface area contributed by atoms with Gasteiger partial charge < -0.3 is 0 Å². The van der Waals surface area contributed by atoms with Crippen LogP contribution in [-0.2, 0) is 5.41 Å². The van der Waals surface area contributed by atoms with Crippen LogP contribution in [0, 0.1) is 0 Å². The van der Waals surface area contributed by atoms with Gasteiger partial charge in [0.15, 0.2) is 17.5 Å². The van der Waals surface area contributed by atoms with Crippen LogP contribution in [0.15, 0.2) is 212 Å². The highest BCUT2D eigenvalue weighted by atomic mass is 15.0. The van der Waals surface area contributed by atoms with Gasteiger partial charge in [-0.3, -0.25) is 0 Å². The Morgan fingerprint density at radius 1 is 0.254 bits per heavy atom. The van der Waals surface area contributed by atoms with Crippen LogP contribution in [-0.4, -0.2) is 15.0 Å². The summed E-state index contributed by atoms with van der Waals surface area (Å²) in [5.74, 6) is 1.92. The molecule has 0 bridgehead atoms. The Morgan fingerprint density at radius 3 is 1.42 bits per heavy atom. The molecule has 0 fully saturated rings. The maximum absolute atomic E-state index is 5.17.